The van der Waals surface area contributed by atoms with Crippen molar-refractivity contribution >= 4 is 12.4 Å². The van der Waals surface area contributed by atoms with E-state index in [9.17, 15) is 0 Å². The highest BCUT2D eigenvalue weighted by Gasteiger charge is 2.25. The van der Waals surface area contributed by atoms with Crippen molar-refractivity contribution in [2.75, 3.05) is 6.54 Å². The van der Waals surface area contributed by atoms with Crippen LogP contribution < -0.4 is 11.1 Å². The van der Waals surface area contributed by atoms with Crippen molar-refractivity contribution in [3.8, 4) is 0 Å². The van der Waals surface area contributed by atoms with Gasteiger partial charge in [0.05, 0.1) is 0 Å². The van der Waals surface area contributed by atoms with Crippen LogP contribution >= 0.6 is 12.4 Å². The van der Waals surface area contributed by atoms with E-state index in [0.29, 0.717) is 12.5 Å². The van der Waals surface area contributed by atoms with E-state index in [1.165, 1.54) is 16.7 Å². The van der Waals surface area contributed by atoms with Gasteiger partial charge in [-0.25, -0.2) is 0 Å². The van der Waals surface area contributed by atoms with Gasteiger partial charge in [0.2, 0.25) is 0 Å². The van der Waals surface area contributed by atoms with Crippen LogP contribution in [0, 0.1) is 19.8 Å². The molecule has 0 saturated carbocycles. The lowest BCUT2D eigenvalue weighted by molar-refractivity contribution is 0.267. The van der Waals surface area contributed by atoms with Gasteiger partial charge in [0, 0.05) is 18.6 Å². The molecule has 1 atom stereocenters. The van der Waals surface area contributed by atoms with Crippen molar-refractivity contribution in [3.63, 3.8) is 0 Å². The van der Waals surface area contributed by atoms with Gasteiger partial charge in [0.1, 0.15) is 0 Å². The van der Waals surface area contributed by atoms with Crippen molar-refractivity contribution in [2.45, 2.75) is 46.7 Å². The fourth-order valence-corrected chi connectivity index (χ4v) is 1.93. The molecule has 1 aromatic rings. The van der Waals surface area contributed by atoms with Crippen LogP contribution in [0.2, 0.25) is 0 Å². The molecule has 0 spiro atoms. The molecule has 0 aliphatic carbocycles. The topological polar surface area (TPSA) is 38.0 Å². The van der Waals surface area contributed by atoms with Crippen LogP contribution in [0.5, 0.6) is 0 Å². The largest absolute Gasteiger partial charge is 0.329 e. The number of hydrogen-bond donors (Lipinski definition) is 2. The zero-order valence-corrected chi connectivity index (χ0v) is 13.0. The Kier molecular flexibility index (Phi) is 6.90. The van der Waals surface area contributed by atoms with Crippen LogP contribution in [-0.2, 0) is 6.54 Å². The lowest BCUT2D eigenvalue weighted by Crippen LogP contribution is -2.52. The van der Waals surface area contributed by atoms with E-state index < -0.39 is 0 Å². The van der Waals surface area contributed by atoms with E-state index in [0.717, 1.165) is 6.54 Å². The third kappa shape index (κ3) is 3.98. The summed E-state index contributed by atoms with van der Waals surface area (Å²) in [7, 11) is 0. The third-order valence-corrected chi connectivity index (χ3v) is 4.01. The first-order valence-electron chi connectivity index (χ1n) is 6.41. The van der Waals surface area contributed by atoms with Gasteiger partial charge in [-0.15, -0.1) is 12.4 Å². The Hall–Kier alpha value is -0.570. The van der Waals surface area contributed by atoms with Gasteiger partial charge < -0.3 is 11.1 Å². The molecule has 3 heteroatoms. The normalized spacial score (nSPS) is 14.2. The molecule has 3 N–H and O–H groups in total. The second-order valence-electron chi connectivity index (χ2n) is 5.50. The highest BCUT2D eigenvalue weighted by molar-refractivity contribution is 5.85. The van der Waals surface area contributed by atoms with E-state index in [-0.39, 0.29) is 17.9 Å². The maximum Gasteiger partial charge on any atom is 0.0301 e. The van der Waals surface area contributed by atoms with Gasteiger partial charge in [-0.05, 0) is 43.4 Å². The fourth-order valence-electron chi connectivity index (χ4n) is 1.93. The van der Waals surface area contributed by atoms with Crippen molar-refractivity contribution in [1.82, 2.24) is 5.32 Å². The van der Waals surface area contributed by atoms with Crippen LogP contribution in [0.1, 0.15) is 37.5 Å². The number of halogens is 1. The Morgan fingerprint density at radius 2 is 1.72 bits per heavy atom. The zero-order chi connectivity index (χ0) is 13.1. The highest BCUT2D eigenvalue weighted by atomic mass is 35.5. The number of nitrogens with two attached hydrogens (primary N) is 1. The molecule has 1 aromatic carbocycles. The van der Waals surface area contributed by atoms with Crippen molar-refractivity contribution in [2.24, 2.45) is 11.7 Å². The summed E-state index contributed by atoms with van der Waals surface area (Å²) in [5, 5.41) is 3.62. The molecule has 18 heavy (non-hydrogen) atoms. The molecule has 0 heterocycles. The molecule has 0 amide bonds. The number of hydrogen-bond acceptors (Lipinski definition) is 2. The summed E-state index contributed by atoms with van der Waals surface area (Å²) < 4.78 is 0. The first-order chi connectivity index (χ1) is 7.90. The number of nitrogens with one attached hydrogen (secondary N) is 1. The van der Waals surface area contributed by atoms with Gasteiger partial charge in [0.25, 0.3) is 0 Å². The molecule has 0 radical (unpaired) electrons. The standard InChI is InChI=1S/C15H26N2.ClH/c1-11(2)15(5,10-16)17-9-14-12(3)7-6-8-13(14)4;/h6-8,11,17H,9-10,16H2,1-5H3;1H. The van der Waals surface area contributed by atoms with Gasteiger partial charge in [-0.3, -0.25) is 0 Å². The van der Waals surface area contributed by atoms with Gasteiger partial charge in [-0.1, -0.05) is 32.0 Å². The van der Waals surface area contributed by atoms with Crippen LogP contribution in [0.15, 0.2) is 18.2 Å². The van der Waals surface area contributed by atoms with Crippen molar-refractivity contribution < 1.29 is 0 Å². The summed E-state index contributed by atoms with van der Waals surface area (Å²) in [6, 6.07) is 6.44. The van der Waals surface area contributed by atoms with E-state index in [2.05, 4.69) is 58.1 Å². The van der Waals surface area contributed by atoms with Gasteiger partial charge in [0.15, 0.2) is 0 Å². The smallest absolute Gasteiger partial charge is 0.0301 e. The monoisotopic (exact) mass is 270 g/mol. The molecule has 0 aliphatic rings. The Morgan fingerprint density at radius 3 is 2.11 bits per heavy atom. The Balaban J connectivity index is 0.00000289. The van der Waals surface area contributed by atoms with E-state index in [1.807, 2.05) is 0 Å². The molecule has 104 valence electrons. The summed E-state index contributed by atoms with van der Waals surface area (Å²) in [5.74, 6) is 0.525. The minimum Gasteiger partial charge on any atom is -0.329 e. The second-order valence-corrected chi connectivity index (χ2v) is 5.50. The van der Waals surface area contributed by atoms with E-state index >= 15 is 0 Å². The molecular weight excluding hydrogens is 244 g/mol. The first kappa shape index (κ1) is 17.4. The minimum atomic E-state index is 0. The molecule has 0 fully saturated rings. The molecule has 0 saturated heterocycles. The average molecular weight is 271 g/mol. The lowest BCUT2D eigenvalue weighted by Gasteiger charge is -2.34. The van der Waals surface area contributed by atoms with E-state index in [4.69, 9.17) is 5.73 Å². The van der Waals surface area contributed by atoms with Gasteiger partial charge >= 0.3 is 0 Å². The van der Waals surface area contributed by atoms with Crippen LogP contribution in [0.3, 0.4) is 0 Å². The lowest BCUT2D eigenvalue weighted by atomic mass is 9.88. The molecular formula is C15H27ClN2. The van der Waals surface area contributed by atoms with Crippen LogP contribution in [0.4, 0.5) is 0 Å². The number of rotatable bonds is 5. The fraction of sp³-hybridized carbons (Fsp3) is 0.600. The maximum absolute atomic E-state index is 5.89. The Bertz CT molecular complexity index is 357. The van der Waals surface area contributed by atoms with Crippen molar-refractivity contribution in [1.29, 1.82) is 0 Å². The summed E-state index contributed by atoms with van der Waals surface area (Å²) in [4.78, 5) is 0. The molecule has 1 rings (SSSR count). The minimum absolute atomic E-state index is 0. The average Bonchev–Trinajstić information content (AvgIpc) is 2.27. The van der Waals surface area contributed by atoms with Gasteiger partial charge in [-0.2, -0.15) is 0 Å². The molecule has 1 unspecified atom stereocenters. The SMILES string of the molecule is Cc1cccc(C)c1CNC(C)(CN)C(C)C.Cl. The van der Waals surface area contributed by atoms with Crippen LogP contribution in [0.25, 0.3) is 0 Å². The Morgan fingerprint density at radius 1 is 1.22 bits per heavy atom. The zero-order valence-electron chi connectivity index (χ0n) is 12.2. The molecule has 0 aromatic heterocycles. The van der Waals surface area contributed by atoms with Crippen LogP contribution in [-0.4, -0.2) is 12.1 Å². The molecule has 0 aliphatic heterocycles. The summed E-state index contributed by atoms with van der Waals surface area (Å²) in [6.07, 6.45) is 0. The number of aryl methyl sites for hydroxylation is 2. The predicted octanol–water partition coefficient (Wildman–Crippen LogP) is 3.19. The number of benzene rings is 1. The summed E-state index contributed by atoms with van der Waals surface area (Å²) in [6.45, 7) is 12.5. The quantitative estimate of drug-likeness (QED) is 0.862. The highest BCUT2D eigenvalue weighted by Crippen LogP contribution is 2.18. The third-order valence-electron chi connectivity index (χ3n) is 4.01. The summed E-state index contributed by atoms with van der Waals surface area (Å²) in [5.41, 5.74) is 9.99. The first-order valence-corrected chi connectivity index (χ1v) is 6.41. The summed E-state index contributed by atoms with van der Waals surface area (Å²) >= 11 is 0. The van der Waals surface area contributed by atoms with E-state index in [1.54, 1.807) is 0 Å². The van der Waals surface area contributed by atoms with Crippen molar-refractivity contribution in [3.05, 3.63) is 34.9 Å². The predicted molar refractivity (Wildman–Crippen MR) is 82.3 cm³/mol. The Labute approximate surface area is 118 Å². The molecule has 0 bridgehead atoms. The molecule has 2 nitrogen and oxygen atoms in total. The second kappa shape index (κ2) is 7.13. The maximum atomic E-state index is 5.89.